The maximum atomic E-state index is 11.4. The summed E-state index contributed by atoms with van der Waals surface area (Å²) in [4.78, 5) is 71.0. The fraction of sp³-hybridized carbons (Fsp3) is 0.226. The minimum atomic E-state index is -0.319. The molecule has 0 aliphatic carbocycles. The molecule has 212 valence electrons. The second-order valence-electron chi connectivity index (χ2n) is 9.08. The molecule has 3 aliphatic heterocycles. The van der Waals surface area contributed by atoms with E-state index in [0.29, 0.717) is 24.5 Å². The lowest BCUT2D eigenvalue weighted by molar-refractivity contribution is -0.137. The van der Waals surface area contributed by atoms with E-state index in [0.717, 1.165) is 28.2 Å². The Bertz CT molecular complexity index is 1340. The van der Waals surface area contributed by atoms with E-state index in [2.05, 4.69) is 6.92 Å². The molecular weight excluding hydrogens is 524 g/mol. The molecule has 0 spiro atoms. The Kier molecular flexibility index (Phi) is 11.2. The molecule has 0 unspecified atom stereocenters. The number of carbonyl (C=O) groups excluding carboxylic acids is 6. The van der Waals surface area contributed by atoms with E-state index in [1.807, 2.05) is 12.1 Å². The monoisotopic (exact) mass is 556 g/mol. The number of carbonyl (C=O) groups is 6. The van der Waals surface area contributed by atoms with Crippen molar-refractivity contribution in [2.24, 2.45) is 5.73 Å². The summed E-state index contributed by atoms with van der Waals surface area (Å²) in [5.41, 5.74) is 7.50. The third kappa shape index (κ3) is 8.02. The molecule has 10 nitrogen and oxygen atoms in total. The van der Waals surface area contributed by atoms with Gasteiger partial charge in [0.05, 0.1) is 11.4 Å². The van der Waals surface area contributed by atoms with Gasteiger partial charge < -0.3 is 5.73 Å². The number of amides is 6. The number of hydrogen-bond donors (Lipinski definition) is 1. The molecule has 2 N–H and O–H groups in total. The maximum absolute atomic E-state index is 11.4. The van der Waals surface area contributed by atoms with Gasteiger partial charge in [0.15, 0.2) is 0 Å². The van der Waals surface area contributed by atoms with E-state index >= 15 is 0 Å². The number of benzene rings is 2. The molecule has 2 aromatic rings. The largest absolute Gasteiger partial charge is 0.326 e. The van der Waals surface area contributed by atoms with E-state index in [1.165, 1.54) is 54.2 Å². The molecular formula is C31H32N4O6. The van der Waals surface area contributed by atoms with E-state index in [9.17, 15) is 28.8 Å². The minimum Gasteiger partial charge on any atom is -0.326 e. The molecule has 0 atom stereocenters. The van der Waals surface area contributed by atoms with Gasteiger partial charge in [-0.05, 0) is 30.2 Å². The van der Waals surface area contributed by atoms with Crippen LogP contribution >= 0.6 is 0 Å². The van der Waals surface area contributed by atoms with Crippen LogP contribution < -0.4 is 15.5 Å². The molecule has 0 radical (unpaired) electrons. The summed E-state index contributed by atoms with van der Waals surface area (Å²) in [6.45, 7) is 3.01. The SMILES string of the molecule is CCCCCCN1C(=O)C=CC1=O.NCc1ccccc1N1C(=O)C=CC1=O.O=C1C=CC(=O)N1c1ccccc1. The van der Waals surface area contributed by atoms with Gasteiger partial charge in [-0.25, -0.2) is 9.80 Å². The molecule has 2 aromatic carbocycles. The molecule has 0 saturated carbocycles. The molecule has 3 heterocycles. The zero-order valence-electron chi connectivity index (χ0n) is 22.8. The first kappa shape index (κ1) is 30.6. The van der Waals surface area contributed by atoms with Crippen LogP contribution in [-0.2, 0) is 35.3 Å². The van der Waals surface area contributed by atoms with Crippen molar-refractivity contribution in [1.29, 1.82) is 0 Å². The Morgan fingerprint density at radius 1 is 0.561 bits per heavy atom. The predicted octanol–water partition coefficient (Wildman–Crippen LogP) is 3.18. The second kappa shape index (κ2) is 15.0. The fourth-order valence-corrected chi connectivity index (χ4v) is 4.12. The molecule has 5 rings (SSSR count). The number of nitrogens with two attached hydrogens (primary N) is 1. The maximum Gasteiger partial charge on any atom is 0.258 e. The molecule has 41 heavy (non-hydrogen) atoms. The molecule has 0 bridgehead atoms. The number of nitrogens with zero attached hydrogens (tertiary/aromatic N) is 3. The average Bonchev–Trinajstić information content (AvgIpc) is 3.62. The van der Waals surface area contributed by atoms with Crippen molar-refractivity contribution in [2.45, 2.75) is 39.2 Å². The molecule has 3 aliphatic rings. The third-order valence-corrected chi connectivity index (χ3v) is 6.22. The van der Waals surface area contributed by atoms with Crippen LogP contribution in [-0.4, -0.2) is 46.9 Å². The lowest BCUT2D eigenvalue weighted by Gasteiger charge is -2.16. The lowest BCUT2D eigenvalue weighted by atomic mass is 10.1. The van der Waals surface area contributed by atoms with E-state index in [4.69, 9.17) is 5.73 Å². The van der Waals surface area contributed by atoms with Gasteiger partial charge in [0.25, 0.3) is 35.4 Å². The molecule has 0 saturated heterocycles. The van der Waals surface area contributed by atoms with Crippen molar-refractivity contribution >= 4 is 46.8 Å². The third-order valence-electron chi connectivity index (χ3n) is 6.22. The van der Waals surface area contributed by atoms with Crippen molar-refractivity contribution in [3.8, 4) is 0 Å². The Balaban J connectivity index is 0.000000170. The Labute approximate surface area is 238 Å². The van der Waals surface area contributed by atoms with Crippen molar-refractivity contribution < 1.29 is 28.8 Å². The summed E-state index contributed by atoms with van der Waals surface area (Å²) in [7, 11) is 0. The zero-order valence-corrected chi connectivity index (χ0v) is 22.8. The summed E-state index contributed by atoms with van der Waals surface area (Å²) >= 11 is 0. The highest BCUT2D eigenvalue weighted by Crippen LogP contribution is 2.23. The fourth-order valence-electron chi connectivity index (χ4n) is 4.12. The summed E-state index contributed by atoms with van der Waals surface area (Å²) < 4.78 is 0. The van der Waals surface area contributed by atoms with Gasteiger partial charge in [-0.15, -0.1) is 0 Å². The Hall–Kier alpha value is -4.96. The first-order valence-electron chi connectivity index (χ1n) is 13.3. The number of unbranched alkanes of at least 4 members (excludes halogenated alkanes) is 3. The first-order valence-corrected chi connectivity index (χ1v) is 13.3. The minimum absolute atomic E-state index is 0.165. The van der Waals surface area contributed by atoms with Gasteiger partial charge in [-0.3, -0.25) is 33.7 Å². The smallest absolute Gasteiger partial charge is 0.258 e. The van der Waals surface area contributed by atoms with Crippen LogP contribution in [0.3, 0.4) is 0 Å². The van der Waals surface area contributed by atoms with Crippen LogP contribution in [0.1, 0.15) is 38.2 Å². The Morgan fingerprint density at radius 3 is 1.59 bits per heavy atom. The second-order valence-corrected chi connectivity index (χ2v) is 9.08. The summed E-state index contributed by atoms with van der Waals surface area (Å²) in [6.07, 6.45) is 12.1. The zero-order chi connectivity index (χ0) is 29.8. The number of rotatable bonds is 8. The summed E-state index contributed by atoms with van der Waals surface area (Å²) in [6, 6.07) is 16.0. The molecule has 0 aromatic heterocycles. The number of para-hydroxylation sites is 2. The van der Waals surface area contributed by atoms with Crippen molar-refractivity contribution in [1.82, 2.24) is 4.90 Å². The van der Waals surface area contributed by atoms with Crippen LogP contribution in [0.25, 0.3) is 0 Å². The number of anilines is 2. The van der Waals surface area contributed by atoms with Crippen LogP contribution in [0, 0.1) is 0 Å². The molecule has 0 fully saturated rings. The number of hydrogen-bond acceptors (Lipinski definition) is 7. The van der Waals surface area contributed by atoms with Crippen LogP contribution in [0.15, 0.2) is 91.1 Å². The summed E-state index contributed by atoms with van der Waals surface area (Å²) in [5.74, 6) is -1.53. The highest BCUT2D eigenvalue weighted by Gasteiger charge is 2.27. The van der Waals surface area contributed by atoms with Crippen LogP contribution in [0.4, 0.5) is 11.4 Å². The summed E-state index contributed by atoms with van der Waals surface area (Å²) in [5, 5.41) is 0. The highest BCUT2D eigenvalue weighted by molar-refractivity contribution is 6.29. The topological polar surface area (TPSA) is 138 Å². The number of imide groups is 3. The van der Waals surface area contributed by atoms with E-state index in [-0.39, 0.29) is 35.4 Å². The van der Waals surface area contributed by atoms with Gasteiger partial charge in [0.1, 0.15) is 0 Å². The Morgan fingerprint density at radius 2 is 1.05 bits per heavy atom. The lowest BCUT2D eigenvalue weighted by Crippen LogP contribution is -2.30. The van der Waals surface area contributed by atoms with Gasteiger partial charge in [0.2, 0.25) is 0 Å². The van der Waals surface area contributed by atoms with Gasteiger partial charge in [0, 0.05) is 49.5 Å². The highest BCUT2D eigenvalue weighted by atomic mass is 16.2. The van der Waals surface area contributed by atoms with Gasteiger partial charge in [-0.1, -0.05) is 62.6 Å². The van der Waals surface area contributed by atoms with Crippen molar-refractivity contribution in [3.05, 3.63) is 96.6 Å². The molecule has 6 amide bonds. The standard InChI is InChI=1S/C11H10N2O2.C10H7NO2.C10H15NO2/c12-7-8-3-1-2-4-9(8)13-10(14)5-6-11(13)15;12-9-6-7-10(13)11(9)8-4-2-1-3-5-8;1-2-3-4-5-8-11-9(12)6-7-10(11)13/h1-6H,7,12H2;1-7H;6-7H,2-5,8H2,1H3. The van der Waals surface area contributed by atoms with Crippen LogP contribution in [0.5, 0.6) is 0 Å². The van der Waals surface area contributed by atoms with E-state index in [1.54, 1.807) is 42.5 Å². The first-order chi connectivity index (χ1) is 19.8. The predicted molar refractivity (Wildman–Crippen MR) is 154 cm³/mol. The van der Waals surface area contributed by atoms with Crippen molar-refractivity contribution in [3.63, 3.8) is 0 Å². The molecule has 10 heteroatoms. The van der Waals surface area contributed by atoms with E-state index < -0.39 is 0 Å². The van der Waals surface area contributed by atoms with Crippen molar-refractivity contribution in [2.75, 3.05) is 16.3 Å². The quantitative estimate of drug-likeness (QED) is 0.389. The average molecular weight is 557 g/mol. The van der Waals surface area contributed by atoms with Crippen LogP contribution in [0.2, 0.25) is 0 Å². The van der Waals surface area contributed by atoms with Gasteiger partial charge in [-0.2, -0.15) is 0 Å². The van der Waals surface area contributed by atoms with Gasteiger partial charge >= 0.3 is 0 Å². The normalized spacial score (nSPS) is 15.5.